The molecule has 0 aliphatic carbocycles. The number of aryl methyl sites for hydroxylation is 1. The van der Waals surface area contributed by atoms with E-state index in [0.717, 1.165) is 85.8 Å². The summed E-state index contributed by atoms with van der Waals surface area (Å²) in [5, 5.41) is 21.2. The van der Waals surface area contributed by atoms with Gasteiger partial charge in [0.2, 0.25) is 0 Å². The molecule has 43 heavy (non-hydrogen) atoms. The van der Waals surface area contributed by atoms with E-state index in [-0.39, 0.29) is 6.29 Å². The molecule has 2 aromatic heterocycles. The summed E-state index contributed by atoms with van der Waals surface area (Å²) < 4.78 is 23.3. The summed E-state index contributed by atoms with van der Waals surface area (Å²) in [5.41, 5.74) is 3.97. The number of aromatic nitrogens is 2. The van der Waals surface area contributed by atoms with Crippen molar-refractivity contribution in [1.29, 1.82) is 0 Å². The van der Waals surface area contributed by atoms with E-state index in [1.165, 1.54) is 12.8 Å². The van der Waals surface area contributed by atoms with Gasteiger partial charge in [0.25, 0.3) is 0 Å². The molecule has 2 N–H and O–H groups in total. The summed E-state index contributed by atoms with van der Waals surface area (Å²) in [5.74, 6) is -0.966. The lowest BCUT2D eigenvalue weighted by atomic mass is 9.91. The van der Waals surface area contributed by atoms with Crippen molar-refractivity contribution in [3.63, 3.8) is 0 Å². The molecule has 2 aliphatic heterocycles. The second-order valence-electron chi connectivity index (χ2n) is 10.9. The van der Waals surface area contributed by atoms with Gasteiger partial charge in [-0.05, 0) is 77.0 Å². The van der Waals surface area contributed by atoms with Crippen LogP contribution < -0.4 is 4.74 Å². The van der Waals surface area contributed by atoms with E-state index in [2.05, 4.69) is 46.2 Å². The molecule has 4 heterocycles. The number of carbonyl (C=O) groups is 2. The Morgan fingerprint density at radius 1 is 1.09 bits per heavy atom. The Kier molecular flexibility index (Phi) is 12.0. The molecule has 12 heteroatoms. The van der Waals surface area contributed by atoms with E-state index in [9.17, 15) is 9.59 Å². The van der Waals surface area contributed by atoms with Gasteiger partial charge in [0.15, 0.2) is 11.9 Å². The van der Waals surface area contributed by atoms with Gasteiger partial charge in [-0.15, -0.1) is 0 Å². The maximum absolute atomic E-state index is 9.55. The van der Waals surface area contributed by atoms with Crippen LogP contribution in [0.15, 0.2) is 53.3 Å². The highest BCUT2D eigenvalue weighted by Gasteiger charge is 2.25. The maximum Gasteiger partial charge on any atom is 0.328 e. The van der Waals surface area contributed by atoms with Gasteiger partial charge < -0.3 is 33.8 Å². The molecule has 2 aliphatic rings. The number of pyridine rings is 1. The molecule has 2 fully saturated rings. The van der Waals surface area contributed by atoms with Gasteiger partial charge in [-0.2, -0.15) is 0 Å². The minimum Gasteiger partial charge on any atom is -0.488 e. The van der Waals surface area contributed by atoms with Crippen LogP contribution >= 0.6 is 0 Å². The van der Waals surface area contributed by atoms with Crippen LogP contribution in [0.1, 0.15) is 36.1 Å². The monoisotopic (exact) mass is 596 g/mol. The number of nitrogens with zero attached hydrogens (tertiary/aromatic N) is 4. The normalized spacial score (nSPS) is 16.5. The van der Waals surface area contributed by atoms with E-state index in [1.807, 2.05) is 18.3 Å². The summed E-state index contributed by atoms with van der Waals surface area (Å²) in [6, 6.07) is 8.10. The summed E-state index contributed by atoms with van der Waals surface area (Å²) >= 11 is 0. The number of piperidine rings is 1. The minimum absolute atomic E-state index is 0.0392. The lowest BCUT2D eigenvalue weighted by molar-refractivity contribution is -0.134. The first-order valence-electron chi connectivity index (χ1n) is 14.4. The molecule has 0 bridgehead atoms. The molecule has 0 radical (unpaired) electrons. The highest BCUT2D eigenvalue weighted by molar-refractivity contribution is 5.89. The van der Waals surface area contributed by atoms with Crippen LogP contribution in [0.4, 0.5) is 0 Å². The van der Waals surface area contributed by atoms with Crippen molar-refractivity contribution in [3.8, 4) is 5.75 Å². The van der Waals surface area contributed by atoms with Crippen LogP contribution in [0.3, 0.4) is 0 Å². The van der Waals surface area contributed by atoms with Crippen molar-refractivity contribution >= 4 is 22.9 Å². The molecule has 232 valence electrons. The fourth-order valence-corrected chi connectivity index (χ4v) is 5.18. The number of benzene rings is 1. The van der Waals surface area contributed by atoms with Gasteiger partial charge in [0.1, 0.15) is 12.4 Å². The number of carboxylic acid groups (broad SMARTS) is 2. The Labute approximate surface area is 250 Å². The van der Waals surface area contributed by atoms with Gasteiger partial charge >= 0.3 is 11.9 Å². The number of fused-ring (bicyclic) bond motifs is 1. The highest BCUT2D eigenvalue weighted by atomic mass is 16.7. The molecule has 0 unspecified atom stereocenters. The fraction of sp³-hybridized carbons (Fsp3) is 0.484. The van der Waals surface area contributed by atoms with E-state index in [0.29, 0.717) is 24.7 Å². The third kappa shape index (κ3) is 10.1. The van der Waals surface area contributed by atoms with Crippen LogP contribution in [0, 0.1) is 5.92 Å². The molecular formula is C31H40N4O8. The SMILES string of the molecule is CN(C)Cc1c(OCc2cccnc2)ccc2c(CCC3CCN(CC4OCCO4)CC3)noc12.O=C(O)/C=C/C(=O)O. The summed E-state index contributed by atoms with van der Waals surface area (Å²) in [6.45, 7) is 5.75. The Balaban J connectivity index is 0.000000467. The van der Waals surface area contributed by atoms with Gasteiger partial charge in [-0.1, -0.05) is 11.2 Å². The van der Waals surface area contributed by atoms with Crippen LogP contribution in [0.5, 0.6) is 5.75 Å². The zero-order chi connectivity index (χ0) is 30.6. The second-order valence-corrected chi connectivity index (χ2v) is 10.9. The molecule has 2 saturated heterocycles. The Morgan fingerprint density at radius 2 is 1.81 bits per heavy atom. The van der Waals surface area contributed by atoms with Crippen LogP contribution in [-0.4, -0.2) is 95.3 Å². The maximum atomic E-state index is 9.55. The van der Waals surface area contributed by atoms with E-state index in [4.69, 9.17) is 28.9 Å². The van der Waals surface area contributed by atoms with Crippen LogP contribution in [0.25, 0.3) is 11.0 Å². The van der Waals surface area contributed by atoms with E-state index < -0.39 is 11.9 Å². The quantitative estimate of drug-likeness (QED) is 0.294. The predicted octanol–water partition coefficient (Wildman–Crippen LogP) is 3.59. The van der Waals surface area contributed by atoms with Crippen molar-refractivity contribution < 1.29 is 38.5 Å². The first-order valence-corrected chi connectivity index (χ1v) is 14.4. The summed E-state index contributed by atoms with van der Waals surface area (Å²) in [6.07, 6.45) is 9.16. The topological polar surface area (TPSA) is 148 Å². The zero-order valence-corrected chi connectivity index (χ0v) is 24.7. The first kappa shape index (κ1) is 32.1. The zero-order valence-electron chi connectivity index (χ0n) is 24.7. The number of carboxylic acids is 2. The van der Waals surface area contributed by atoms with Crippen molar-refractivity contribution in [3.05, 3.63) is 65.6 Å². The molecule has 0 amide bonds. The molecular weight excluding hydrogens is 556 g/mol. The molecule has 0 saturated carbocycles. The van der Waals surface area contributed by atoms with Crippen molar-refractivity contribution in [2.45, 2.75) is 45.1 Å². The Bertz CT molecular complexity index is 1330. The summed E-state index contributed by atoms with van der Waals surface area (Å²) in [7, 11) is 4.11. The molecule has 3 aromatic rings. The average Bonchev–Trinajstić information content (AvgIpc) is 3.66. The minimum atomic E-state index is -1.26. The molecule has 0 atom stereocenters. The first-order chi connectivity index (χ1) is 20.8. The van der Waals surface area contributed by atoms with Gasteiger partial charge in [0, 0.05) is 48.6 Å². The third-order valence-electron chi connectivity index (χ3n) is 7.33. The average molecular weight is 597 g/mol. The molecule has 12 nitrogen and oxygen atoms in total. The number of likely N-dealkylation sites (tertiary alicyclic amines) is 1. The number of hydrogen-bond donors (Lipinski definition) is 2. The lowest BCUT2D eigenvalue weighted by Gasteiger charge is -2.32. The van der Waals surface area contributed by atoms with Gasteiger partial charge in [-0.25, -0.2) is 9.59 Å². The van der Waals surface area contributed by atoms with Gasteiger partial charge in [-0.3, -0.25) is 9.88 Å². The molecule has 0 spiro atoms. The third-order valence-corrected chi connectivity index (χ3v) is 7.33. The van der Waals surface area contributed by atoms with Crippen molar-refractivity contribution in [2.24, 2.45) is 5.92 Å². The Hall–Kier alpha value is -3.84. The van der Waals surface area contributed by atoms with Crippen molar-refractivity contribution in [2.75, 3.05) is 46.9 Å². The number of rotatable bonds is 12. The van der Waals surface area contributed by atoms with Crippen LogP contribution in [-0.2, 0) is 38.6 Å². The summed E-state index contributed by atoms with van der Waals surface area (Å²) in [4.78, 5) is 27.9. The largest absolute Gasteiger partial charge is 0.488 e. The standard InChI is InChI=1S/C27H36N4O4.C4H4O4/c1-30(2)17-23-25(34-19-21-4-3-11-28-16-21)8-6-22-24(29-35-27(22)23)7-5-20-9-12-31(13-10-20)18-26-32-14-15-33-26;5-3(6)1-2-4(7)8/h3-4,6,8,11,16,20,26H,5,7,9-10,12-15,17-19H2,1-2H3;1-2H,(H,5,6)(H,7,8)/b;2-1+. The van der Waals surface area contributed by atoms with Crippen molar-refractivity contribution in [1.82, 2.24) is 19.9 Å². The smallest absolute Gasteiger partial charge is 0.328 e. The number of ether oxygens (including phenoxy) is 3. The van der Waals surface area contributed by atoms with Gasteiger partial charge in [0.05, 0.1) is 24.5 Å². The van der Waals surface area contributed by atoms with Crippen LogP contribution in [0.2, 0.25) is 0 Å². The lowest BCUT2D eigenvalue weighted by Crippen LogP contribution is -2.39. The fourth-order valence-electron chi connectivity index (χ4n) is 5.18. The Morgan fingerprint density at radius 3 is 2.44 bits per heavy atom. The molecule has 1 aromatic carbocycles. The molecule has 5 rings (SSSR count). The highest BCUT2D eigenvalue weighted by Crippen LogP contribution is 2.33. The number of aliphatic carboxylic acids is 2. The van der Waals surface area contributed by atoms with E-state index >= 15 is 0 Å². The predicted molar refractivity (Wildman–Crippen MR) is 158 cm³/mol. The van der Waals surface area contributed by atoms with E-state index in [1.54, 1.807) is 6.20 Å². The number of hydrogen-bond acceptors (Lipinski definition) is 10. The second kappa shape index (κ2) is 16.1.